The maximum atomic E-state index is 14.8. The van der Waals surface area contributed by atoms with E-state index in [0.717, 1.165) is 252 Å². The molecule has 0 unspecified atom stereocenters. The molecule has 26 heteroatoms. The minimum absolute atomic E-state index is 0.00813. The Morgan fingerprint density at radius 1 is 0.318 bits per heavy atom. The second kappa shape index (κ2) is 60.1. The molecule has 0 bridgehead atoms. The molecule has 0 radical (unpaired) electrons. The van der Waals surface area contributed by atoms with Gasteiger partial charge in [-0.05, 0) is 373 Å². The number of piperazine rings is 2. The van der Waals surface area contributed by atoms with Gasteiger partial charge in [-0.3, -0.25) is 19.2 Å². The highest BCUT2D eigenvalue weighted by Crippen LogP contribution is 2.40. The van der Waals surface area contributed by atoms with E-state index in [1.54, 1.807) is 59.5 Å². The molecule has 808 valence electrons. The Morgan fingerprint density at radius 3 is 1.07 bits per heavy atom. The van der Waals surface area contributed by atoms with Gasteiger partial charge in [0, 0.05) is 173 Å². The molecule has 8 saturated heterocycles. The van der Waals surface area contributed by atoms with Crippen LogP contribution in [0.25, 0.3) is 22.3 Å². The summed E-state index contributed by atoms with van der Waals surface area (Å²) in [5.74, 6) is 0.720. The van der Waals surface area contributed by atoms with E-state index < -0.39 is 23.6 Å². The van der Waals surface area contributed by atoms with Crippen molar-refractivity contribution in [2.45, 2.75) is 287 Å². The Bertz CT molecular complexity index is 5350. The largest absolute Gasteiger partial charge is 0.490 e. The molecule has 18 rings (SSSR count). The number of ether oxygens (including phenoxy) is 2. The number of carboxylic acid groups (broad SMARTS) is 2. The third-order valence-corrected chi connectivity index (χ3v) is 29.2. The molecule has 2 saturated carbocycles. The molecular formula is C122H168F6N10O10. The van der Waals surface area contributed by atoms with E-state index in [0.29, 0.717) is 107 Å². The normalized spacial score (nSPS) is 19.2. The van der Waals surface area contributed by atoms with Crippen LogP contribution in [0.4, 0.5) is 49.1 Å². The first-order chi connectivity index (χ1) is 71.4. The summed E-state index contributed by atoms with van der Waals surface area (Å²) in [5.41, 5.74) is 8.20. The van der Waals surface area contributed by atoms with Crippen LogP contribution in [0.5, 0.6) is 11.5 Å². The quantitative estimate of drug-likeness (QED) is 0.0414. The number of halogens is 6. The minimum Gasteiger partial charge on any atom is -0.490 e. The van der Waals surface area contributed by atoms with Gasteiger partial charge in [-0.2, -0.15) is 0 Å². The summed E-state index contributed by atoms with van der Waals surface area (Å²) in [6.07, 6.45) is 32.0. The van der Waals surface area contributed by atoms with E-state index in [1.165, 1.54) is 125 Å². The Hall–Kier alpha value is -11.1. The molecule has 8 aliphatic heterocycles. The first-order valence-corrected chi connectivity index (χ1v) is 55.8. The van der Waals surface area contributed by atoms with Gasteiger partial charge in [-0.1, -0.05) is 107 Å². The number of aromatic carboxylic acids is 2. The molecule has 8 aromatic carbocycles. The molecule has 0 spiro atoms. The average molecular weight is 2050 g/mol. The molecule has 2 aliphatic carbocycles. The molecular weight excluding hydrogens is 1880 g/mol. The summed E-state index contributed by atoms with van der Waals surface area (Å²) in [6.45, 7) is 40.4. The zero-order chi connectivity index (χ0) is 106. The molecule has 148 heavy (non-hydrogen) atoms. The van der Waals surface area contributed by atoms with Crippen LogP contribution in [0.3, 0.4) is 0 Å². The van der Waals surface area contributed by atoms with Crippen LogP contribution in [0.2, 0.25) is 0 Å². The number of amides is 4. The van der Waals surface area contributed by atoms with E-state index in [-0.39, 0.29) is 76.3 Å². The molecule has 4 amide bonds. The number of carboxylic acids is 2. The molecule has 4 atom stereocenters. The van der Waals surface area contributed by atoms with Gasteiger partial charge in [0.15, 0.2) is 0 Å². The third kappa shape index (κ3) is 36.4. The van der Waals surface area contributed by atoms with Gasteiger partial charge in [0.2, 0.25) is 0 Å². The van der Waals surface area contributed by atoms with Gasteiger partial charge >= 0.3 is 11.9 Å². The zero-order valence-corrected chi connectivity index (χ0v) is 90.3. The third-order valence-electron chi connectivity index (χ3n) is 29.2. The number of anilines is 4. The molecule has 0 aromatic heterocycles. The summed E-state index contributed by atoms with van der Waals surface area (Å²) < 4.78 is 95.7. The Morgan fingerprint density at radius 2 is 0.682 bits per heavy atom. The fourth-order valence-corrected chi connectivity index (χ4v) is 22.1. The second-order valence-electron chi connectivity index (χ2n) is 42.9. The van der Waals surface area contributed by atoms with Gasteiger partial charge in [-0.15, -0.1) is 0 Å². The summed E-state index contributed by atoms with van der Waals surface area (Å²) >= 11 is 0. The van der Waals surface area contributed by atoms with Crippen molar-refractivity contribution in [2.75, 3.05) is 137 Å². The van der Waals surface area contributed by atoms with Crippen molar-refractivity contribution < 1.29 is 74.8 Å². The highest BCUT2D eigenvalue weighted by molar-refractivity contribution is 5.99. The van der Waals surface area contributed by atoms with Crippen LogP contribution in [-0.4, -0.2) is 207 Å². The number of rotatable bonds is 24. The maximum Gasteiger partial charge on any atom is 0.335 e. The standard InChI is InChI=1S/C38H45F2N3O3.C21H31FN2O.C20H30FN3O.C18H17FO3.C12H14FNO2.C9H19N.2C2H6/c1-26(2)20-33-25-42(37(44)29-21-31(40)24-32(22-29)41-16-6-3-7-17-41)18-19-43(33)38(45)28-12-15-36(46-34-8-4-5-9-34)35(23-28)27-10-13-30(39)14-11-27;1-16(2)11-17-7-6-10-24(15-17)21(25)18-12-19(22)14-20(13-18)23-8-4-3-5-9-23;1-15(2)10-18-14-24(9-6-22-18)20(25)16-11-17(21)13-19(12-16)23-7-4-3-5-8-23;19-14-8-5-12(6-9-14)16-11-13(18(20)21)7-10-17(16)22-15-3-1-2-4-15;13-10-6-9(12(15)16)7-11(8-10)14-4-2-1-3-5-14;1-8(2)6-9-4-3-5-10-7-9;2*1-2/h10-15,21-24,26,33-34H,3-9,16-20,25H2,1-2H3;12-14,16-17H,3-11,15H2,1-2H3;11-13,15,18,22H,3-10,14H2,1-2H3;5-11,15H,1-4H2,(H,20,21);6-8H,1-5H2,(H,15,16);8-10H,3-7H2,1-2H3;2*1-2H3/t33-;17-;18-;;;9-;;/m000..0../s1. The average Bonchev–Trinajstić information content (AvgIpc) is 0.822. The van der Waals surface area contributed by atoms with Crippen molar-refractivity contribution in [1.29, 1.82) is 0 Å². The molecule has 10 fully saturated rings. The number of carbonyl (C=O) groups excluding carboxylic acids is 4. The van der Waals surface area contributed by atoms with Gasteiger partial charge < -0.3 is 69.5 Å². The maximum absolute atomic E-state index is 14.8. The molecule has 20 nitrogen and oxygen atoms in total. The number of carbonyl (C=O) groups is 6. The highest BCUT2D eigenvalue weighted by atomic mass is 19.1. The summed E-state index contributed by atoms with van der Waals surface area (Å²) in [6, 6.07) is 41.1. The Balaban J connectivity index is 0.000000177. The van der Waals surface area contributed by atoms with Gasteiger partial charge in [0.25, 0.3) is 23.6 Å². The molecule has 4 N–H and O–H groups in total. The number of hydrogen-bond acceptors (Lipinski definition) is 14. The lowest BCUT2D eigenvalue weighted by Gasteiger charge is -2.42. The lowest BCUT2D eigenvalue weighted by molar-refractivity contribution is 0.0351. The number of nitrogens with zero attached hydrogens (tertiary/aromatic N) is 8. The van der Waals surface area contributed by atoms with E-state index in [2.05, 4.69) is 80.7 Å². The summed E-state index contributed by atoms with van der Waals surface area (Å²) in [7, 11) is 0. The first-order valence-electron chi connectivity index (χ1n) is 55.8. The number of nitrogens with one attached hydrogen (secondary N) is 2. The number of benzene rings is 8. The summed E-state index contributed by atoms with van der Waals surface area (Å²) in [5, 5.41) is 24.9. The van der Waals surface area contributed by atoms with E-state index in [4.69, 9.17) is 14.6 Å². The van der Waals surface area contributed by atoms with Crippen molar-refractivity contribution in [2.24, 2.45) is 35.5 Å². The number of hydrogen-bond donors (Lipinski definition) is 4. The number of likely N-dealkylation sites (tertiary alicyclic amines) is 1. The van der Waals surface area contributed by atoms with Gasteiger partial charge in [-0.25, -0.2) is 35.9 Å². The topological polar surface area (TPSA) is 211 Å². The van der Waals surface area contributed by atoms with E-state index in [1.807, 2.05) is 83.7 Å². The van der Waals surface area contributed by atoms with Crippen LogP contribution in [0.15, 0.2) is 158 Å². The van der Waals surface area contributed by atoms with Crippen molar-refractivity contribution in [1.82, 2.24) is 30.2 Å². The Kier molecular flexibility index (Phi) is 47.5. The monoisotopic (exact) mass is 2050 g/mol. The predicted molar refractivity (Wildman–Crippen MR) is 586 cm³/mol. The smallest absolute Gasteiger partial charge is 0.335 e. The van der Waals surface area contributed by atoms with Crippen molar-refractivity contribution >= 4 is 58.3 Å². The second-order valence-corrected chi connectivity index (χ2v) is 42.9. The van der Waals surface area contributed by atoms with Crippen molar-refractivity contribution in [3.05, 3.63) is 226 Å². The van der Waals surface area contributed by atoms with Crippen LogP contribution < -0.4 is 39.7 Å². The van der Waals surface area contributed by atoms with Crippen LogP contribution in [-0.2, 0) is 0 Å². The lowest BCUT2D eigenvalue weighted by atomic mass is 9.89. The fraction of sp³-hybridized carbons (Fsp3) is 0.557. The fourth-order valence-electron chi connectivity index (χ4n) is 22.1. The molecule has 8 heterocycles. The SMILES string of the molecule is CC.CC.CC(C)C[C@@H]1CCCN(C(=O)c2cc(F)cc(N3CCCCC3)c2)C1.CC(C)C[C@@H]1CCCNC1.CC(C)C[C@H]1CN(C(=O)c2cc(F)cc(N3CCCCC3)c2)CCN1.CC(C)C[C@H]1CN(C(=O)c2cc(F)cc(N3CCCCC3)c2)CCN1C(=O)c1ccc(OC2CCCC2)c(-c2ccc(F)cc2)c1.O=C(O)c1cc(F)cc(N2CCCCC2)c1.O=C(O)c1ccc(OC2CCCC2)c(-c2ccc(F)cc2)c1. The van der Waals surface area contributed by atoms with Crippen LogP contribution in [0.1, 0.15) is 325 Å². The summed E-state index contributed by atoms with van der Waals surface area (Å²) in [4.78, 5) is 91.9. The van der Waals surface area contributed by atoms with Crippen molar-refractivity contribution in [3.63, 3.8) is 0 Å². The number of piperidine rings is 6. The van der Waals surface area contributed by atoms with Gasteiger partial charge in [0.1, 0.15) is 46.4 Å². The first kappa shape index (κ1) is 117. The predicted octanol–water partition coefficient (Wildman–Crippen LogP) is 27.1. The van der Waals surface area contributed by atoms with Crippen LogP contribution in [0, 0.1) is 70.4 Å². The van der Waals surface area contributed by atoms with Crippen molar-refractivity contribution in [3.8, 4) is 33.8 Å². The van der Waals surface area contributed by atoms with Crippen LogP contribution >= 0.6 is 0 Å². The molecule has 10 aliphatic rings. The lowest BCUT2D eigenvalue weighted by Crippen LogP contribution is -2.57. The molecule has 8 aromatic rings. The van der Waals surface area contributed by atoms with E-state index in [9.17, 15) is 60.2 Å². The minimum atomic E-state index is -1.09. The zero-order valence-electron chi connectivity index (χ0n) is 90.3. The highest BCUT2D eigenvalue weighted by Gasteiger charge is 2.37. The van der Waals surface area contributed by atoms with E-state index >= 15 is 0 Å². The van der Waals surface area contributed by atoms with Gasteiger partial charge in [0.05, 0.1) is 23.3 Å². The Labute approximate surface area is 878 Å².